The molecule has 5 N–H and O–H groups in total. The van der Waals surface area contributed by atoms with E-state index in [1.165, 1.54) is 0 Å². The van der Waals surface area contributed by atoms with Crippen LogP contribution in [0.25, 0.3) is 0 Å². The molecule has 112 valence electrons. The van der Waals surface area contributed by atoms with Crippen LogP contribution in [0, 0.1) is 0 Å². The standard InChI is InChI=1S/C15H25N3O2/c1-6-17-13(19)10-7-8-12(11(16)9-10)18-14(2,3)15(4,5)20/h7-9,18,20H,6,16H2,1-5H3,(H,17,19). The maximum Gasteiger partial charge on any atom is 0.251 e. The molecule has 0 aromatic heterocycles. The van der Waals surface area contributed by atoms with Crippen molar-refractivity contribution in [3.8, 4) is 0 Å². The summed E-state index contributed by atoms with van der Waals surface area (Å²) in [6.07, 6.45) is 0. The van der Waals surface area contributed by atoms with Gasteiger partial charge in [0.25, 0.3) is 5.91 Å². The van der Waals surface area contributed by atoms with Gasteiger partial charge in [0, 0.05) is 12.1 Å². The van der Waals surface area contributed by atoms with E-state index in [1.807, 2.05) is 20.8 Å². The highest BCUT2D eigenvalue weighted by atomic mass is 16.3. The molecular formula is C15H25N3O2. The Labute approximate surface area is 120 Å². The van der Waals surface area contributed by atoms with Crippen molar-refractivity contribution in [1.82, 2.24) is 5.32 Å². The zero-order chi connectivity index (χ0) is 15.6. The van der Waals surface area contributed by atoms with Gasteiger partial charge in [0.15, 0.2) is 0 Å². The predicted octanol–water partition coefficient (Wildman–Crippen LogP) is 1.98. The average molecular weight is 279 g/mol. The number of hydrogen-bond acceptors (Lipinski definition) is 4. The number of nitrogens with two attached hydrogens (primary N) is 1. The van der Waals surface area contributed by atoms with Crippen molar-refractivity contribution in [2.75, 3.05) is 17.6 Å². The summed E-state index contributed by atoms with van der Waals surface area (Å²) < 4.78 is 0. The van der Waals surface area contributed by atoms with Gasteiger partial charge in [0.1, 0.15) is 0 Å². The minimum absolute atomic E-state index is 0.146. The molecule has 0 bridgehead atoms. The summed E-state index contributed by atoms with van der Waals surface area (Å²) in [7, 11) is 0. The number of rotatable bonds is 5. The highest BCUT2D eigenvalue weighted by Crippen LogP contribution is 2.29. The number of nitrogens with one attached hydrogen (secondary N) is 2. The SMILES string of the molecule is CCNC(=O)c1ccc(NC(C)(C)C(C)(C)O)c(N)c1. The third-order valence-corrected chi connectivity index (χ3v) is 3.63. The van der Waals surface area contributed by atoms with Crippen LogP contribution in [-0.4, -0.2) is 28.7 Å². The van der Waals surface area contributed by atoms with E-state index in [4.69, 9.17) is 5.73 Å². The lowest BCUT2D eigenvalue weighted by molar-refractivity contribution is 0.0241. The van der Waals surface area contributed by atoms with Crippen molar-refractivity contribution < 1.29 is 9.90 Å². The molecule has 1 rings (SSSR count). The molecule has 0 spiro atoms. The molecule has 0 aliphatic heterocycles. The lowest BCUT2D eigenvalue weighted by atomic mass is 9.85. The normalized spacial score (nSPS) is 12.1. The fourth-order valence-electron chi connectivity index (χ4n) is 1.57. The first-order valence-corrected chi connectivity index (χ1v) is 6.77. The highest BCUT2D eigenvalue weighted by molar-refractivity contribution is 5.96. The van der Waals surface area contributed by atoms with Crippen molar-refractivity contribution in [2.45, 2.75) is 45.8 Å². The highest BCUT2D eigenvalue weighted by Gasteiger charge is 2.35. The van der Waals surface area contributed by atoms with Crippen LogP contribution in [0.5, 0.6) is 0 Å². The van der Waals surface area contributed by atoms with Crippen molar-refractivity contribution in [3.05, 3.63) is 23.8 Å². The van der Waals surface area contributed by atoms with Gasteiger partial charge in [0.05, 0.1) is 22.5 Å². The van der Waals surface area contributed by atoms with Crippen LogP contribution in [-0.2, 0) is 0 Å². The first-order valence-electron chi connectivity index (χ1n) is 6.77. The van der Waals surface area contributed by atoms with E-state index in [2.05, 4.69) is 10.6 Å². The number of nitrogen functional groups attached to an aromatic ring is 1. The Kier molecular flexibility index (Phi) is 4.65. The van der Waals surface area contributed by atoms with Crippen LogP contribution < -0.4 is 16.4 Å². The molecule has 5 nitrogen and oxygen atoms in total. The molecule has 5 heteroatoms. The van der Waals surface area contributed by atoms with Crippen LogP contribution >= 0.6 is 0 Å². The minimum atomic E-state index is -0.919. The monoisotopic (exact) mass is 279 g/mol. The topological polar surface area (TPSA) is 87.4 Å². The fraction of sp³-hybridized carbons (Fsp3) is 0.533. The summed E-state index contributed by atoms with van der Waals surface area (Å²) in [5.74, 6) is -0.146. The predicted molar refractivity (Wildman–Crippen MR) is 82.9 cm³/mol. The van der Waals surface area contributed by atoms with Gasteiger partial charge < -0.3 is 21.5 Å². The van der Waals surface area contributed by atoms with Gasteiger partial charge in [-0.15, -0.1) is 0 Å². The number of anilines is 2. The summed E-state index contributed by atoms with van der Waals surface area (Å²) in [6, 6.07) is 5.10. The summed E-state index contributed by atoms with van der Waals surface area (Å²) in [6.45, 7) is 9.69. The zero-order valence-electron chi connectivity index (χ0n) is 12.9. The number of hydrogen-bond donors (Lipinski definition) is 4. The smallest absolute Gasteiger partial charge is 0.251 e. The van der Waals surface area contributed by atoms with Crippen LogP contribution in [0.2, 0.25) is 0 Å². The summed E-state index contributed by atoms with van der Waals surface area (Å²) in [4.78, 5) is 11.7. The molecule has 0 radical (unpaired) electrons. The second-order valence-electron chi connectivity index (χ2n) is 5.97. The molecule has 0 fully saturated rings. The molecule has 1 aromatic carbocycles. The second-order valence-corrected chi connectivity index (χ2v) is 5.97. The summed E-state index contributed by atoms with van der Waals surface area (Å²) >= 11 is 0. The number of amides is 1. The number of carbonyl (C=O) groups is 1. The first kappa shape index (κ1) is 16.3. The third kappa shape index (κ3) is 3.63. The maximum absolute atomic E-state index is 11.7. The lowest BCUT2D eigenvalue weighted by Crippen LogP contribution is -2.51. The molecule has 0 heterocycles. The Balaban J connectivity index is 2.97. The van der Waals surface area contributed by atoms with Gasteiger partial charge in [-0.3, -0.25) is 4.79 Å². The van der Waals surface area contributed by atoms with Crippen molar-refractivity contribution >= 4 is 17.3 Å². The number of benzene rings is 1. The molecule has 0 atom stereocenters. The number of aliphatic hydroxyl groups is 1. The molecule has 0 saturated carbocycles. The van der Waals surface area contributed by atoms with Crippen molar-refractivity contribution in [2.24, 2.45) is 0 Å². The molecule has 0 aliphatic carbocycles. The van der Waals surface area contributed by atoms with E-state index in [1.54, 1.807) is 32.0 Å². The van der Waals surface area contributed by atoms with Crippen LogP contribution in [0.15, 0.2) is 18.2 Å². The zero-order valence-corrected chi connectivity index (χ0v) is 12.9. The van der Waals surface area contributed by atoms with Gasteiger partial charge in [0.2, 0.25) is 0 Å². The molecule has 0 saturated heterocycles. The minimum Gasteiger partial charge on any atom is -0.397 e. The van der Waals surface area contributed by atoms with Crippen LogP contribution in [0.3, 0.4) is 0 Å². The van der Waals surface area contributed by atoms with Gasteiger partial charge >= 0.3 is 0 Å². The number of carbonyl (C=O) groups excluding carboxylic acids is 1. The van der Waals surface area contributed by atoms with E-state index in [0.29, 0.717) is 23.5 Å². The van der Waals surface area contributed by atoms with Crippen molar-refractivity contribution in [3.63, 3.8) is 0 Å². The van der Waals surface area contributed by atoms with Gasteiger partial charge in [-0.1, -0.05) is 0 Å². The van der Waals surface area contributed by atoms with E-state index in [0.717, 1.165) is 0 Å². The van der Waals surface area contributed by atoms with E-state index in [-0.39, 0.29) is 5.91 Å². The molecule has 0 aliphatic rings. The van der Waals surface area contributed by atoms with Crippen LogP contribution in [0.1, 0.15) is 45.0 Å². The van der Waals surface area contributed by atoms with Crippen LogP contribution in [0.4, 0.5) is 11.4 Å². The molecule has 0 unspecified atom stereocenters. The quantitative estimate of drug-likeness (QED) is 0.621. The summed E-state index contributed by atoms with van der Waals surface area (Å²) in [5, 5.41) is 16.1. The molecule has 1 aromatic rings. The average Bonchev–Trinajstić information content (AvgIpc) is 2.30. The van der Waals surface area contributed by atoms with E-state index < -0.39 is 11.1 Å². The third-order valence-electron chi connectivity index (χ3n) is 3.63. The summed E-state index contributed by atoms with van der Waals surface area (Å²) in [5.41, 5.74) is 6.20. The lowest BCUT2D eigenvalue weighted by Gasteiger charge is -2.39. The Bertz CT molecular complexity index is 490. The Morgan fingerprint density at radius 3 is 2.35 bits per heavy atom. The van der Waals surface area contributed by atoms with Crippen molar-refractivity contribution in [1.29, 1.82) is 0 Å². The van der Waals surface area contributed by atoms with E-state index in [9.17, 15) is 9.90 Å². The van der Waals surface area contributed by atoms with Gasteiger partial charge in [-0.05, 0) is 52.8 Å². The fourth-order valence-corrected chi connectivity index (χ4v) is 1.57. The first-order chi connectivity index (χ1) is 9.08. The largest absolute Gasteiger partial charge is 0.397 e. The Morgan fingerprint density at radius 1 is 1.30 bits per heavy atom. The Morgan fingerprint density at radius 2 is 1.90 bits per heavy atom. The maximum atomic E-state index is 11.7. The van der Waals surface area contributed by atoms with E-state index >= 15 is 0 Å². The Hall–Kier alpha value is -1.75. The van der Waals surface area contributed by atoms with Gasteiger partial charge in [-0.25, -0.2) is 0 Å². The molecule has 20 heavy (non-hydrogen) atoms. The second kappa shape index (κ2) is 5.71. The molecule has 1 amide bonds. The molecular weight excluding hydrogens is 254 g/mol. The van der Waals surface area contributed by atoms with Gasteiger partial charge in [-0.2, -0.15) is 0 Å².